The number of hydrogen-bond acceptors (Lipinski definition) is 1. The monoisotopic (exact) mass is 215 g/mol. The first-order valence-corrected chi connectivity index (χ1v) is 6.25. The highest BCUT2D eigenvalue weighted by molar-refractivity contribution is 5.78. The summed E-state index contributed by atoms with van der Waals surface area (Å²) in [4.78, 5) is 0. The first-order valence-electron chi connectivity index (χ1n) is 6.75. The predicted octanol–water partition coefficient (Wildman–Crippen LogP) is 3.62. The Morgan fingerprint density at radius 2 is 2.19 bits per heavy atom. The third-order valence-corrected chi connectivity index (χ3v) is 3.64. The van der Waals surface area contributed by atoms with Crippen molar-refractivity contribution in [3.05, 3.63) is 30.4 Å². The average Bonchev–Trinajstić information content (AvgIpc) is 2.73. The molecule has 0 bridgehead atoms. The highest BCUT2D eigenvalue weighted by atomic mass is 15.3. The van der Waals surface area contributed by atoms with Crippen LogP contribution in [0.25, 0.3) is 10.9 Å². The summed E-state index contributed by atoms with van der Waals surface area (Å²) in [6.45, 7) is 1.04. The number of para-hydroxylation sites is 1. The van der Waals surface area contributed by atoms with Crippen molar-refractivity contribution in [1.29, 1.82) is 0 Å². The van der Waals surface area contributed by atoms with E-state index in [-0.39, 0.29) is 0 Å². The summed E-state index contributed by atoms with van der Waals surface area (Å²) in [7, 11) is 0. The lowest BCUT2D eigenvalue weighted by atomic mass is 9.89. The Morgan fingerprint density at radius 1 is 1.31 bits per heavy atom. The summed E-state index contributed by atoms with van der Waals surface area (Å²) < 4.78 is 9.72. The number of fused-ring (bicyclic) bond motifs is 1. The van der Waals surface area contributed by atoms with Gasteiger partial charge in [-0.25, -0.2) is 0 Å². The van der Waals surface area contributed by atoms with Gasteiger partial charge in [0.2, 0.25) is 0 Å². The van der Waals surface area contributed by atoms with Gasteiger partial charge in [0.05, 0.1) is 13.1 Å². The van der Waals surface area contributed by atoms with E-state index in [4.69, 9.17) is 1.37 Å². The minimum Gasteiger partial charge on any atom is -0.265 e. The molecule has 0 radical (unpaired) electrons. The fourth-order valence-corrected chi connectivity index (χ4v) is 2.73. The van der Waals surface area contributed by atoms with E-state index in [0.717, 1.165) is 17.8 Å². The molecule has 2 heteroatoms. The molecule has 2 aromatic rings. The van der Waals surface area contributed by atoms with Crippen LogP contribution in [0.3, 0.4) is 0 Å². The van der Waals surface area contributed by atoms with E-state index in [0.29, 0.717) is 6.04 Å². The number of benzene rings is 1. The van der Waals surface area contributed by atoms with Crippen LogP contribution in [0.5, 0.6) is 0 Å². The minimum absolute atomic E-state index is 0.565. The second-order valence-corrected chi connectivity index (χ2v) is 4.82. The Balaban J connectivity index is 1.84. The molecule has 1 aromatic heterocycles. The van der Waals surface area contributed by atoms with Gasteiger partial charge in [0.1, 0.15) is 0 Å². The molecule has 1 heterocycles. The maximum absolute atomic E-state index is 7.60. The van der Waals surface area contributed by atoms with Gasteiger partial charge >= 0.3 is 0 Å². The lowest BCUT2D eigenvalue weighted by molar-refractivity contribution is 0.312. The van der Waals surface area contributed by atoms with Crippen molar-refractivity contribution in [3.8, 4) is 0 Å². The van der Waals surface area contributed by atoms with Crippen LogP contribution in [-0.2, 0) is 6.54 Å². The van der Waals surface area contributed by atoms with E-state index in [9.17, 15) is 0 Å². The molecule has 84 valence electrons. The van der Waals surface area contributed by atoms with Crippen molar-refractivity contribution in [3.63, 3.8) is 0 Å². The molecule has 16 heavy (non-hydrogen) atoms. The van der Waals surface area contributed by atoms with E-state index in [1.54, 1.807) is 0 Å². The Morgan fingerprint density at radius 3 is 3.06 bits per heavy atom. The summed E-state index contributed by atoms with van der Waals surface area (Å²) in [6, 6.07) is 6.32. The quantitative estimate of drug-likeness (QED) is 0.748. The molecule has 0 aliphatic heterocycles. The van der Waals surface area contributed by atoms with Crippen LogP contribution >= 0.6 is 0 Å². The van der Waals surface area contributed by atoms with Crippen molar-refractivity contribution in [2.24, 2.45) is 5.92 Å². The van der Waals surface area contributed by atoms with Crippen LogP contribution in [0.1, 0.15) is 33.5 Å². The lowest BCUT2D eigenvalue weighted by Gasteiger charge is -2.21. The fraction of sp³-hybridized carbons (Fsp3) is 0.500. The smallest absolute Gasteiger partial charge is 0.0682 e. The average molecular weight is 215 g/mol. The number of aromatic nitrogens is 2. The summed E-state index contributed by atoms with van der Waals surface area (Å²) >= 11 is 0. The standard InChI is InChI=1S/C14H18N2/c1-2-6-12(7-3-1)11-16-14-9-5-4-8-13(14)10-15-16/h4-5,8-10,12H,1-3,6-7,11H2/i4D. The largest absolute Gasteiger partial charge is 0.265 e. The minimum atomic E-state index is 0.565. The van der Waals surface area contributed by atoms with Crippen LogP contribution in [0.2, 0.25) is 0 Å². The second kappa shape index (κ2) is 4.28. The van der Waals surface area contributed by atoms with Crippen molar-refractivity contribution < 1.29 is 1.37 Å². The molecular weight excluding hydrogens is 196 g/mol. The van der Waals surface area contributed by atoms with Gasteiger partial charge in [-0.05, 0) is 24.8 Å². The molecule has 1 fully saturated rings. The van der Waals surface area contributed by atoms with E-state index in [1.807, 2.05) is 24.4 Å². The highest BCUT2D eigenvalue weighted by Crippen LogP contribution is 2.26. The molecule has 0 amide bonds. The van der Waals surface area contributed by atoms with Crippen molar-refractivity contribution in [2.45, 2.75) is 38.6 Å². The molecule has 0 saturated heterocycles. The molecule has 1 aliphatic carbocycles. The van der Waals surface area contributed by atoms with Gasteiger partial charge in [0.25, 0.3) is 0 Å². The molecule has 0 spiro atoms. The topological polar surface area (TPSA) is 17.8 Å². The third kappa shape index (κ3) is 1.84. The fourth-order valence-electron chi connectivity index (χ4n) is 2.73. The van der Waals surface area contributed by atoms with Crippen LogP contribution in [-0.4, -0.2) is 9.78 Å². The first-order chi connectivity index (χ1) is 8.33. The van der Waals surface area contributed by atoms with Gasteiger partial charge in [-0.2, -0.15) is 5.10 Å². The van der Waals surface area contributed by atoms with Crippen LogP contribution in [0.15, 0.2) is 30.4 Å². The zero-order valence-corrected chi connectivity index (χ0v) is 9.52. The maximum atomic E-state index is 7.60. The van der Waals surface area contributed by atoms with E-state index >= 15 is 0 Å². The zero-order chi connectivity index (χ0) is 11.7. The summed E-state index contributed by atoms with van der Waals surface area (Å²) in [5.74, 6) is 0.794. The number of nitrogens with zero attached hydrogens (tertiary/aromatic N) is 2. The van der Waals surface area contributed by atoms with E-state index in [2.05, 4.69) is 9.78 Å². The van der Waals surface area contributed by atoms with Gasteiger partial charge in [-0.3, -0.25) is 4.68 Å². The maximum Gasteiger partial charge on any atom is 0.0682 e. The van der Waals surface area contributed by atoms with Crippen molar-refractivity contribution >= 4 is 10.9 Å². The van der Waals surface area contributed by atoms with Gasteiger partial charge in [-0.15, -0.1) is 0 Å². The Hall–Kier alpha value is -1.31. The first kappa shape index (κ1) is 8.80. The summed E-state index contributed by atoms with van der Waals surface area (Å²) in [5.41, 5.74) is 1.17. The molecule has 0 N–H and O–H groups in total. The SMILES string of the molecule is [2H]c1ccc2c(cnn2CC2CCCCC2)c1. The van der Waals surface area contributed by atoms with E-state index < -0.39 is 0 Å². The van der Waals surface area contributed by atoms with Crippen LogP contribution in [0, 0.1) is 5.92 Å². The second-order valence-electron chi connectivity index (χ2n) is 4.82. The van der Waals surface area contributed by atoms with Gasteiger partial charge in [-0.1, -0.05) is 37.4 Å². The molecule has 0 unspecified atom stereocenters. The van der Waals surface area contributed by atoms with Crippen molar-refractivity contribution in [1.82, 2.24) is 9.78 Å². The predicted molar refractivity (Wildman–Crippen MR) is 66.3 cm³/mol. The van der Waals surface area contributed by atoms with Crippen LogP contribution < -0.4 is 0 Å². The Bertz CT molecular complexity index is 512. The molecule has 3 rings (SSSR count). The zero-order valence-electron chi connectivity index (χ0n) is 10.5. The summed E-state index contributed by atoms with van der Waals surface area (Å²) in [6.07, 6.45) is 8.73. The molecule has 1 saturated carbocycles. The lowest BCUT2D eigenvalue weighted by Crippen LogP contribution is -2.14. The molecular formula is C14H18N2. The molecule has 2 nitrogen and oxygen atoms in total. The molecule has 0 atom stereocenters. The number of rotatable bonds is 2. The number of hydrogen-bond donors (Lipinski definition) is 0. The third-order valence-electron chi connectivity index (χ3n) is 3.64. The molecule has 1 aromatic carbocycles. The van der Waals surface area contributed by atoms with Gasteiger partial charge < -0.3 is 0 Å². The Kier molecular flexibility index (Phi) is 2.35. The summed E-state index contributed by atoms with van der Waals surface area (Å²) in [5, 5.41) is 5.55. The van der Waals surface area contributed by atoms with Crippen LogP contribution in [0.4, 0.5) is 0 Å². The molecule has 1 aliphatic rings. The van der Waals surface area contributed by atoms with Gasteiger partial charge in [0, 0.05) is 11.9 Å². The highest BCUT2D eigenvalue weighted by Gasteiger charge is 2.15. The Labute approximate surface area is 97.7 Å². The van der Waals surface area contributed by atoms with Gasteiger partial charge in [0.15, 0.2) is 0 Å². The normalized spacial score (nSPS) is 18.9. The van der Waals surface area contributed by atoms with Crippen molar-refractivity contribution in [2.75, 3.05) is 0 Å². The van der Waals surface area contributed by atoms with E-state index in [1.165, 1.54) is 37.6 Å².